The highest BCUT2D eigenvalue weighted by Crippen LogP contribution is 2.20. The SMILES string of the molecule is CCC(C)(CC)NS(=O)(=O)c1ccc(C#CCN)c(F)c1. The average Bonchev–Trinajstić information content (AvgIpc) is 2.45. The van der Waals surface area contributed by atoms with E-state index in [2.05, 4.69) is 16.6 Å². The second-order valence-electron chi connectivity index (χ2n) is 5.02. The number of hydrogen-bond acceptors (Lipinski definition) is 3. The molecule has 3 N–H and O–H groups in total. The van der Waals surface area contributed by atoms with Crippen LogP contribution in [0.15, 0.2) is 23.1 Å². The molecule has 0 unspecified atom stereocenters. The van der Waals surface area contributed by atoms with Crippen LogP contribution < -0.4 is 10.5 Å². The Morgan fingerprint density at radius 3 is 2.43 bits per heavy atom. The summed E-state index contributed by atoms with van der Waals surface area (Å²) < 4.78 is 41.1. The van der Waals surface area contributed by atoms with Gasteiger partial charge in [0.1, 0.15) is 5.82 Å². The van der Waals surface area contributed by atoms with Crippen LogP contribution in [-0.4, -0.2) is 20.5 Å². The van der Waals surface area contributed by atoms with Gasteiger partial charge in [0.15, 0.2) is 0 Å². The Kier molecular flexibility index (Phi) is 5.90. The van der Waals surface area contributed by atoms with Crippen LogP contribution in [0.4, 0.5) is 4.39 Å². The first kappa shape index (κ1) is 17.6. The molecule has 0 fully saturated rings. The molecule has 1 aromatic carbocycles. The molecule has 116 valence electrons. The molecule has 0 saturated carbocycles. The van der Waals surface area contributed by atoms with E-state index in [4.69, 9.17) is 5.73 Å². The number of benzene rings is 1. The number of sulfonamides is 1. The Bertz CT molecular complexity index is 656. The van der Waals surface area contributed by atoms with Gasteiger partial charge in [-0.05, 0) is 38.0 Å². The van der Waals surface area contributed by atoms with Gasteiger partial charge in [-0.2, -0.15) is 0 Å². The lowest BCUT2D eigenvalue weighted by molar-refractivity contribution is 0.388. The normalized spacial score (nSPS) is 11.9. The minimum Gasteiger partial charge on any atom is -0.320 e. The van der Waals surface area contributed by atoms with E-state index in [1.807, 2.05) is 20.8 Å². The monoisotopic (exact) mass is 312 g/mol. The van der Waals surface area contributed by atoms with Crippen molar-refractivity contribution in [3.05, 3.63) is 29.6 Å². The fourth-order valence-electron chi connectivity index (χ4n) is 1.69. The summed E-state index contributed by atoms with van der Waals surface area (Å²) in [6, 6.07) is 3.67. The van der Waals surface area contributed by atoms with Gasteiger partial charge >= 0.3 is 0 Å². The number of nitrogens with one attached hydrogen (secondary N) is 1. The summed E-state index contributed by atoms with van der Waals surface area (Å²) in [7, 11) is -3.76. The van der Waals surface area contributed by atoms with Crippen molar-refractivity contribution in [3.8, 4) is 11.8 Å². The molecule has 1 aromatic rings. The average molecular weight is 312 g/mol. The van der Waals surface area contributed by atoms with Gasteiger partial charge in [-0.15, -0.1) is 0 Å². The largest absolute Gasteiger partial charge is 0.320 e. The summed E-state index contributed by atoms with van der Waals surface area (Å²) in [5.74, 6) is 4.42. The molecular weight excluding hydrogens is 291 g/mol. The van der Waals surface area contributed by atoms with E-state index >= 15 is 0 Å². The lowest BCUT2D eigenvalue weighted by Gasteiger charge is -2.27. The van der Waals surface area contributed by atoms with Gasteiger partial charge < -0.3 is 5.73 Å². The summed E-state index contributed by atoms with van der Waals surface area (Å²) in [4.78, 5) is -0.105. The first-order valence-electron chi connectivity index (χ1n) is 6.80. The molecule has 0 amide bonds. The molecule has 1 rings (SSSR count). The molecule has 0 aliphatic carbocycles. The fourth-order valence-corrected chi connectivity index (χ4v) is 3.25. The predicted molar refractivity (Wildman–Crippen MR) is 81.6 cm³/mol. The van der Waals surface area contributed by atoms with Crippen LogP contribution in [0.5, 0.6) is 0 Å². The minimum atomic E-state index is -3.76. The maximum Gasteiger partial charge on any atom is 0.241 e. The van der Waals surface area contributed by atoms with E-state index in [0.29, 0.717) is 12.8 Å². The van der Waals surface area contributed by atoms with Crippen molar-refractivity contribution in [2.45, 2.75) is 44.0 Å². The van der Waals surface area contributed by atoms with Crippen molar-refractivity contribution in [2.75, 3.05) is 6.54 Å². The molecule has 0 aliphatic rings. The molecule has 0 atom stereocenters. The van der Waals surface area contributed by atoms with Gasteiger partial charge in [0.2, 0.25) is 10.0 Å². The quantitative estimate of drug-likeness (QED) is 0.817. The van der Waals surface area contributed by atoms with Crippen molar-refractivity contribution in [1.82, 2.24) is 4.72 Å². The second kappa shape index (κ2) is 7.03. The van der Waals surface area contributed by atoms with Crippen LogP contribution in [0.3, 0.4) is 0 Å². The summed E-state index contributed by atoms with van der Waals surface area (Å²) in [5.41, 5.74) is 4.81. The van der Waals surface area contributed by atoms with Crippen molar-refractivity contribution >= 4 is 10.0 Å². The smallest absolute Gasteiger partial charge is 0.241 e. The Labute approximate surface area is 126 Å². The Morgan fingerprint density at radius 1 is 1.33 bits per heavy atom. The number of nitrogens with two attached hydrogens (primary N) is 1. The van der Waals surface area contributed by atoms with Crippen LogP contribution in [0.1, 0.15) is 39.2 Å². The number of rotatable bonds is 5. The van der Waals surface area contributed by atoms with Crippen LogP contribution in [-0.2, 0) is 10.0 Å². The molecule has 21 heavy (non-hydrogen) atoms. The zero-order chi connectivity index (χ0) is 16.1. The van der Waals surface area contributed by atoms with Gasteiger partial charge in [-0.3, -0.25) is 0 Å². The number of hydrogen-bond donors (Lipinski definition) is 2. The molecule has 0 spiro atoms. The Morgan fingerprint density at radius 2 is 1.95 bits per heavy atom. The lowest BCUT2D eigenvalue weighted by Crippen LogP contribution is -2.44. The van der Waals surface area contributed by atoms with Gasteiger partial charge in [-0.1, -0.05) is 25.7 Å². The third kappa shape index (κ3) is 4.53. The fraction of sp³-hybridized carbons (Fsp3) is 0.467. The van der Waals surface area contributed by atoms with Gasteiger partial charge in [0.05, 0.1) is 17.0 Å². The molecule has 0 saturated heterocycles. The van der Waals surface area contributed by atoms with Gasteiger partial charge in [0, 0.05) is 5.54 Å². The zero-order valence-electron chi connectivity index (χ0n) is 12.5. The van der Waals surface area contributed by atoms with Gasteiger partial charge in [0.25, 0.3) is 0 Å². The summed E-state index contributed by atoms with van der Waals surface area (Å²) in [5, 5.41) is 0. The van der Waals surface area contributed by atoms with Crippen molar-refractivity contribution in [1.29, 1.82) is 0 Å². The minimum absolute atomic E-state index is 0.105. The van der Waals surface area contributed by atoms with E-state index in [0.717, 1.165) is 6.07 Å². The van der Waals surface area contributed by atoms with Gasteiger partial charge in [-0.25, -0.2) is 17.5 Å². The van der Waals surface area contributed by atoms with Crippen LogP contribution >= 0.6 is 0 Å². The van der Waals surface area contributed by atoms with Crippen LogP contribution in [0.25, 0.3) is 0 Å². The molecule has 0 heterocycles. The molecule has 0 aromatic heterocycles. The van der Waals surface area contributed by atoms with E-state index in [-0.39, 0.29) is 17.0 Å². The maximum atomic E-state index is 13.9. The lowest BCUT2D eigenvalue weighted by atomic mass is 9.98. The molecule has 0 bridgehead atoms. The summed E-state index contributed by atoms with van der Waals surface area (Å²) >= 11 is 0. The van der Waals surface area contributed by atoms with Crippen LogP contribution in [0, 0.1) is 17.7 Å². The van der Waals surface area contributed by atoms with E-state index < -0.39 is 21.4 Å². The molecule has 4 nitrogen and oxygen atoms in total. The van der Waals surface area contributed by atoms with Crippen molar-refractivity contribution in [2.24, 2.45) is 5.73 Å². The molecular formula is C15H21FN2O2S. The highest BCUT2D eigenvalue weighted by atomic mass is 32.2. The first-order chi connectivity index (χ1) is 9.78. The van der Waals surface area contributed by atoms with E-state index in [1.54, 1.807) is 0 Å². The third-order valence-electron chi connectivity index (χ3n) is 3.52. The second-order valence-corrected chi connectivity index (χ2v) is 6.70. The Hall–Kier alpha value is -1.42. The van der Waals surface area contributed by atoms with E-state index in [9.17, 15) is 12.8 Å². The molecule has 0 aliphatic heterocycles. The molecule has 0 radical (unpaired) electrons. The maximum absolute atomic E-state index is 13.9. The predicted octanol–water partition coefficient (Wildman–Crippen LogP) is 1.99. The van der Waals surface area contributed by atoms with Crippen LogP contribution in [0.2, 0.25) is 0 Å². The standard InChI is InChI=1S/C15H21FN2O2S/c1-4-15(3,5-2)18-21(19,20)13-9-8-12(7-6-10-17)14(16)11-13/h8-9,11,18H,4-5,10,17H2,1-3H3. The topological polar surface area (TPSA) is 72.2 Å². The number of halogens is 1. The Balaban J connectivity index is 3.13. The first-order valence-corrected chi connectivity index (χ1v) is 8.28. The highest BCUT2D eigenvalue weighted by molar-refractivity contribution is 7.89. The molecule has 6 heteroatoms. The van der Waals surface area contributed by atoms with E-state index in [1.165, 1.54) is 12.1 Å². The van der Waals surface area contributed by atoms with Crippen molar-refractivity contribution < 1.29 is 12.8 Å². The van der Waals surface area contributed by atoms with Crippen molar-refractivity contribution in [3.63, 3.8) is 0 Å². The third-order valence-corrected chi connectivity index (χ3v) is 5.15. The zero-order valence-corrected chi connectivity index (χ0v) is 13.3. The highest BCUT2D eigenvalue weighted by Gasteiger charge is 2.27. The summed E-state index contributed by atoms with van der Waals surface area (Å²) in [6.07, 6.45) is 1.29. The summed E-state index contributed by atoms with van der Waals surface area (Å²) in [6.45, 7) is 5.74.